The Labute approximate surface area is 118 Å². The van der Waals surface area contributed by atoms with Crippen molar-refractivity contribution < 1.29 is 23.1 Å². The molecule has 1 aliphatic rings. The van der Waals surface area contributed by atoms with Crippen LogP contribution in [0.1, 0.15) is 33.1 Å². The van der Waals surface area contributed by atoms with Gasteiger partial charge in [-0.15, -0.1) is 0 Å². The lowest BCUT2D eigenvalue weighted by Gasteiger charge is -2.36. The Morgan fingerprint density at radius 1 is 1.40 bits per heavy atom. The summed E-state index contributed by atoms with van der Waals surface area (Å²) in [4.78, 5) is 22.3. The van der Waals surface area contributed by atoms with Crippen LogP contribution in [-0.4, -0.2) is 59.2 Å². The quantitative estimate of drug-likeness (QED) is 0.676. The number of carboxylic acid groups (broad SMARTS) is 1. The zero-order valence-electron chi connectivity index (χ0n) is 11.7. The first-order valence-electron chi connectivity index (χ1n) is 6.47. The van der Waals surface area contributed by atoms with Gasteiger partial charge in [0.15, 0.2) is 0 Å². The number of primary amides is 1. The molecule has 9 heteroatoms. The highest BCUT2D eigenvalue weighted by molar-refractivity contribution is 7.86. The summed E-state index contributed by atoms with van der Waals surface area (Å²) in [5.74, 6) is -1.94. The summed E-state index contributed by atoms with van der Waals surface area (Å²) in [5.41, 5.74) is 5.07. The maximum atomic E-state index is 12.6. The van der Waals surface area contributed by atoms with Gasteiger partial charge in [0.05, 0.1) is 6.54 Å². The minimum Gasteiger partial charge on any atom is -0.480 e. The zero-order valence-corrected chi connectivity index (χ0v) is 12.5. The van der Waals surface area contributed by atoms with E-state index in [1.165, 1.54) is 0 Å². The molecule has 0 aliphatic carbocycles. The molecule has 1 atom stereocenters. The Balaban J connectivity index is 3.10. The lowest BCUT2D eigenvalue weighted by Crippen LogP contribution is -2.56. The fraction of sp³-hybridized carbons (Fsp3) is 0.818. The number of hydrogen-bond acceptors (Lipinski definition) is 4. The van der Waals surface area contributed by atoms with Gasteiger partial charge in [-0.25, -0.2) is 0 Å². The van der Waals surface area contributed by atoms with E-state index < -0.39 is 40.7 Å². The third kappa shape index (κ3) is 3.68. The number of carbonyl (C=O) groups excluding carboxylic acids is 1. The Kier molecular flexibility index (Phi) is 5.49. The minimum atomic E-state index is -4.03. The summed E-state index contributed by atoms with van der Waals surface area (Å²) in [7, 11) is -4.03. The molecule has 8 nitrogen and oxygen atoms in total. The predicted molar refractivity (Wildman–Crippen MR) is 71.9 cm³/mol. The molecule has 1 rings (SSSR count). The van der Waals surface area contributed by atoms with Crippen LogP contribution in [0.15, 0.2) is 0 Å². The molecule has 0 aromatic carbocycles. The molecular weight excluding hydrogens is 286 g/mol. The zero-order chi connectivity index (χ0) is 15.5. The van der Waals surface area contributed by atoms with E-state index in [0.29, 0.717) is 12.8 Å². The molecule has 0 spiro atoms. The molecule has 0 aromatic rings. The van der Waals surface area contributed by atoms with Gasteiger partial charge >= 0.3 is 5.97 Å². The fourth-order valence-electron chi connectivity index (χ4n) is 2.25. The van der Waals surface area contributed by atoms with E-state index in [2.05, 4.69) is 0 Å². The number of rotatable bonds is 6. The van der Waals surface area contributed by atoms with Crippen LogP contribution in [0.25, 0.3) is 0 Å². The van der Waals surface area contributed by atoms with Crippen LogP contribution in [0.2, 0.25) is 0 Å². The summed E-state index contributed by atoms with van der Waals surface area (Å²) >= 11 is 0. The molecule has 1 saturated heterocycles. The first kappa shape index (κ1) is 16.9. The molecule has 1 fully saturated rings. The molecule has 1 amide bonds. The third-order valence-electron chi connectivity index (χ3n) is 3.22. The molecule has 0 bridgehead atoms. The number of aliphatic carboxylic acids is 1. The SMILES string of the molecule is CC(C)N(CC(N)=O)S(=O)(=O)N1CCCCC1C(=O)O. The van der Waals surface area contributed by atoms with Crippen molar-refractivity contribution in [2.24, 2.45) is 5.73 Å². The Hall–Kier alpha value is -1.19. The number of hydrogen-bond donors (Lipinski definition) is 2. The van der Waals surface area contributed by atoms with Crippen LogP contribution in [0, 0.1) is 0 Å². The van der Waals surface area contributed by atoms with Crippen molar-refractivity contribution in [3.8, 4) is 0 Å². The second-order valence-electron chi connectivity index (χ2n) is 5.07. The molecular formula is C11H21N3O5S. The highest BCUT2D eigenvalue weighted by Gasteiger charge is 2.41. The molecule has 3 N–H and O–H groups in total. The Bertz CT molecular complexity index is 476. The molecule has 0 radical (unpaired) electrons. The standard InChI is InChI=1S/C11H21N3O5S/c1-8(2)14(7-10(12)15)20(18,19)13-6-4-3-5-9(13)11(16)17/h8-9H,3-7H2,1-2H3,(H2,12,15)(H,16,17). The number of nitrogens with two attached hydrogens (primary N) is 1. The van der Waals surface area contributed by atoms with E-state index in [0.717, 1.165) is 8.61 Å². The second kappa shape index (κ2) is 6.51. The number of nitrogens with zero attached hydrogens (tertiary/aromatic N) is 2. The van der Waals surface area contributed by atoms with Gasteiger partial charge in [-0.3, -0.25) is 9.59 Å². The van der Waals surface area contributed by atoms with Gasteiger partial charge in [-0.2, -0.15) is 17.0 Å². The van der Waals surface area contributed by atoms with Gasteiger partial charge in [-0.05, 0) is 33.1 Å². The van der Waals surface area contributed by atoms with Crippen molar-refractivity contribution in [2.45, 2.75) is 45.2 Å². The van der Waals surface area contributed by atoms with Crippen molar-refractivity contribution in [1.82, 2.24) is 8.61 Å². The van der Waals surface area contributed by atoms with Crippen molar-refractivity contribution in [3.05, 3.63) is 0 Å². The highest BCUT2D eigenvalue weighted by atomic mass is 32.2. The number of carbonyl (C=O) groups is 2. The van der Waals surface area contributed by atoms with Gasteiger partial charge < -0.3 is 10.8 Å². The molecule has 1 aliphatic heterocycles. The maximum Gasteiger partial charge on any atom is 0.322 e. The summed E-state index contributed by atoms with van der Waals surface area (Å²) in [6, 6.07) is -1.56. The van der Waals surface area contributed by atoms with Crippen LogP contribution in [-0.2, 0) is 19.8 Å². The Morgan fingerprint density at radius 3 is 2.45 bits per heavy atom. The number of carboxylic acids is 1. The number of piperidine rings is 1. The van der Waals surface area contributed by atoms with E-state index in [1.54, 1.807) is 13.8 Å². The molecule has 0 aromatic heterocycles. The van der Waals surface area contributed by atoms with E-state index in [-0.39, 0.29) is 13.0 Å². The predicted octanol–water partition coefficient (Wildman–Crippen LogP) is -0.634. The van der Waals surface area contributed by atoms with Gasteiger partial charge in [0.25, 0.3) is 10.2 Å². The topological polar surface area (TPSA) is 121 Å². The lowest BCUT2D eigenvalue weighted by atomic mass is 10.1. The van der Waals surface area contributed by atoms with Crippen molar-refractivity contribution in [2.75, 3.05) is 13.1 Å². The summed E-state index contributed by atoms with van der Waals surface area (Å²) < 4.78 is 27.0. The largest absolute Gasteiger partial charge is 0.480 e. The van der Waals surface area contributed by atoms with E-state index in [4.69, 9.17) is 10.8 Å². The van der Waals surface area contributed by atoms with Gasteiger partial charge in [-0.1, -0.05) is 0 Å². The van der Waals surface area contributed by atoms with Crippen LogP contribution < -0.4 is 5.73 Å². The number of amides is 1. The van der Waals surface area contributed by atoms with Gasteiger partial charge in [0, 0.05) is 12.6 Å². The first-order valence-corrected chi connectivity index (χ1v) is 7.87. The van der Waals surface area contributed by atoms with Crippen LogP contribution in [0.3, 0.4) is 0 Å². The van der Waals surface area contributed by atoms with Gasteiger partial charge in [0.2, 0.25) is 5.91 Å². The molecule has 20 heavy (non-hydrogen) atoms. The summed E-state index contributed by atoms with van der Waals surface area (Å²) in [6.45, 7) is 2.91. The van der Waals surface area contributed by atoms with E-state index in [9.17, 15) is 18.0 Å². The Morgan fingerprint density at radius 2 is 2.00 bits per heavy atom. The minimum absolute atomic E-state index is 0.140. The third-order valence-corrected chi connectivity index (χ3v) is 5.39. The van der Waals surface area contributed by atoms with Gasteiger partial charge in [0.1, 0.15) is 6.04 Å². The molecule has 0 saturated carbocycles. The molecule has 1 unspecified atom stereocenters. The smallest absolute Gasteiger partial charge is 0.322 e. The average molecular weight is 307 g/mol. The summed E-state index contributed by atoms with van der Waals surface area (Å²) in [6.07, 6.45) is 1.54. The molecule has 1 heterocycles. The second-order valence-corrected chi connectivity index (χ2v) is 6.91. The first-order chi connectivity index (χ1) is 9.17. The van der Waals surface area contributed by atoms with Crippen LogP contribution in [0.4, 0.5) is 0 Å². The van der Waals surface area contributed by atoms with E-state index >= 15 is 0 Å². The van der Waals surface area contributed by atoms with Crippen molar-refractivity contribution in [3.63, 3.8) is 0 Å². The fourth-order valence-corrected chi connectivity index (χ4v) is 4.22. The van der Waals surface area contributed by atoms with Crippen molar-refractivity contribution >= 4 is 22.1 Å². The monoisotopic (exact) mass is 307 g/mol. The normalized spacial score (nSPS) is 21.3. The van der Waals surface area contributed by atoms with Crippen LogP contribution in [0.5, 0.6) is 0 Å². The van der Waals surface area contributed by atoms with E-state index in [1.807, 2.05) is 0 Å². The molecule has 116 valence electrons. The maximum absolute atomic E-state index is 12.6. The average Bonchev–Trinajstić information content (AvgIpc) is 2.35. The lowest BCUT2D eigenvalue weighted by molar-refractivity contribution is -0.142. The van der Waals surface area contributed by atoms with Crippen LogP contribution >= 0.6 is 0 Å². The van der Waals surface area contributed by atoms with Crippen molar-refractivity contribution in [1.29, 1.82) is 0 Å². The highest BCUT2D eigenvalue weighted by Crippen LogP contribution is 2.24. The summed E-state index contributed by atoms with van der Waals surface area (Å²) in [5, 5.41) is 9.16.